The van der Waals surface area contributed by atoms with Crippen molar-refractivity contribution in [2.24, 2.45) is 0 Å². The van der Waals surface area contributed by atoms with Crippen LogP contribution in [0.5, 0.6) is 11.5 Å². The van der Waals surface area contributed by atoms with Gasteiger partial charge in [-0.25, -0.2) is 4.68 Å². The zero-order valence-electron chi connectivity index (χ0n) is 17.4. The zero-order chi connectivity index (χ0) is 21.1. The minimum atomic E-state index is -0.747. The molecule has 8 heteroatoms. The average Bonchev–Trinajstić information content (AvgIpc) is 2.71. The number of amides is 1. The van der Waals surface area contributed by atoms with E-state index in [-0.39, 0.29) is 18.1 Å². The van der Waals surface area contributed by atoms with Crippen LogP contribution in [-0.4, -0.2) is 60.1 Å². The number of morpholine rings is 1. The summed E-state index contributed by atoms with van der Waals surface area (Å²) in [5.74, 6) is 0.900. The SMILES string of the molecule is COc1ccc(-c2nn([C@H](C)C(=O)N3C[C@@H](C)O[C@@H](C)C3)c(=O)cc2OC)cc1. The van der Waals surface area contributed by atoms with E-state index in [0.29, 0.717) is 30.3 Å². The number of hydrogen-bond donors (Lipinski definition) is 0. The molecule has 8 nitrogen and oxygen atoms in total. The van der Waals surface area contributed by atoms with Crippen LogP contribution in [0, 0.1) is 0 Å². The Morgan fingerprint density at radius 3 is 2.31 bits per heavy atom. The van der Waals surface area contributed by atoms with Crippen LogP contribution in [0.3, 0.4) is 0 Å². The average molecular weight is 401 g/mol. The molecule has 0 N–H and O–H groups in total. The van der Waals surface area contributed by atoms with Crippen LogP contribution in [-0.2, 0) is 9.53 Å². The number of methoxy groups -OCH3 is 2. The Morgan fingerprint density at radius 2 is 1.76 bits per heavy atom. The monoisotopic (exact) mass is 401 g/mol. The summed E-state index contributed by atoms with van der Waals surface area (Å²) in [6.45, 7) is 6.53. The van der Waals surface area contributed by atoms with Crippen molar-refractivity contribution in [3.63, 3.8) is 0 Å². The maximum atomic E-state index is 13.1. The van der Waals surface area contributed by atoms with Gasteiger partial charge in [-0.15, -0.1) is 0 Å². The molecule has 1 amide bonds. The number of hydrogen-bond acceptors (Lipinski definition) is 6. The summed E-state index contributed by atoms with van der Waals surface area (Å²) >= 11 is 0. The highest BCUT2D eigenvalue weighted by Crippen LogP contribution is 2.28. The summed E-state index contributed by atoms with van der Waals surface area (Å²) in [6, 6.07) is 7.88. The molecule has 1 aliphatic heterocycles. The maximum absolute atomic E-state index is 13.1. The first-order valence-electron chi connectivity index (χ1n) is 9.60. The van der Waals surface area contributed by atoms with E-state index in [9.17, 15) is 9.59 Å². The lowest BCUT2D eigenvalue weighted by Crippen LogP contribution is -2.50. The lowest BCUT2D eigenvalue weighted by molar-refractivity contribution is -0.146. The maximum Gasteiger partial charge on any atom is 0.271 e. The largest absolute Gasteiger partial charge is 0.497 e. The fraction of sp³-hybridized carbons (Fsp3) is 0.476. The predicted molar refractivity (Wildman–Crippen MR) is 108 cm³/mol. The van der Waals surface area contributed by atoms with Crippen molar-refractivity contribution in [1.29, 1.82) is 0 Å². The quantitative estimate of drug-likeness (QED) is 0.763. The minimum absolute atomic E-state index is 0.0506. The summed E-state index contributed by atoms with van der Waals surface area (Å²) in [4.78, 5) is 27.4. The van der Waals surface area contributed by atoms with Gasteiger partial charge < -0.3 is 19.1 Å². The van der Waals surface area contributed by atoms with Gasteiger partial charge in [0.05, 0.1) is 26.4 Å². The van der Waals surface area contributed by atoms with Gasteiger partial charge in [-0.1, -0.05) is 0 Å². The zero-order valence-corrected chi connectivity index (χ0v) is 17.4. The molecule has 0 saturated carbocycles. The van der Waals surface area contributed by atoms with Gasteiger partial charge in [-0.05, 0) is 45.0 Å². The second-order valence-corrected chi connectivity index (χ2v) is 7.25. The molecule has 1 aliphatic rings. The number of ether oxygens (including phenoxy) is 3. The number of carbonyl (C=O) groups excluding carboxylic acids is 1. The molecule has 3 atom stereocenters. The second-order valence-electron chi connectivity index (χ2n) is 7.25. The molecular formula is C21H27N3O5. The van der Waals surface area contributed by atoms with Gasteiger partial charge in [-0.3, -0.25) is 9.59 Å². The van der Waals surface area contributed by atoms with Crippen molar-refractivity contribution in [3.8, 4) is 22.8 Å². The third-order valence-electron chi connectivity index (χ3n) is 4.96. The number of nitrogens with zero attached hydrogens (tertiary/aromatic N) is 3. The van der Waals surface area contributed by atoms with Crippen LogP contribution in [0.15, 0.2) is 35.1 Å². The highest BCUT2D eigenvalue weighted by Gasteiger charge is 2.30. The van der Waals surface area contributed by atoms with E-state index in [0.717, 1.165) is 5.56 Å². The van der Waals surface area contributed by atoms with E-state index in [1.54, 1.807) is 31.1 Å². The molecule has 1 saturated heterocycles. The van der Waals surface area contributed by atoms with Gasteiger partial charge in [0.25, 0.3) is 5.56 Å². The summed E-state index contributed by atoms with van der Waals surface area (Å²) in [5.41, 5.74) is 0.845. The Hall–Kier alpha value is -2.87. The number of aromatic nitrogens is 2. The van der Waals surface area contributed by atoms with Crippen molar-refractivity contribution in [2.45, 2.75) is 39.0 Å². The van der Waals surface area contributed by atoms with Crippen molar-refractivity contribution in [3.05, 3.63) is 40.7 Å². The Kier molecular flexibility index (Phi) is 6.22. The van der Waals surface area contributed by atoms with Crippen molar-refractivity contribution >= 4 is 5.91 Å². The summed E-state index contributed by atoms with van der Waals surface area (Å²) in [7, 11) is 3.08. The summed E-state index contributed by atoms with van der Waals surface area (Å²) in [6.07, 6.45) is -0.101. The van der Waals surface area contributed by atoms with Gasteiger partial charge in [-0.2, -0.15) is 5.10 Å². The Balaban J connectivity index is 1.96. The van der Waals surface area contributed by atoms with Gasteiger partial charge in [0.15, 0.2) is 5.75 Å². The van der Waals surface area contributed by atoms with E-state index >= 15 is 0 Å². The molecule has 156 valence electrons. The fourth-order valence-corrected chi connectivity index (χ4v) is 3.56. The normalized spacial score (nSPS) is 20.2. The highest BCUT2D eigenvalue weighted by atomic mass is 16.5. The molecule has 0 aliphatic carbocycles. The van der Waals surface area contributed by atoms with E-state index < -0.39 is 11.6 Å². The molecule has 1 aromatic heterocycles. The molecular weight excluding hydrogens is 374 g/mol. The van der Waals surface area contributed by atoms with Crippen LogP contribution in [0.4, 0.5) is 0 Å². The van der Waals surface area contributed by atoms with Crippen LogP contribution in [0.1, 0.15) is 26.8 Å². The highest BCUT2D eigenvalue weighted by molar-refractivity contribution is 5.80. The molecule has 3 rings (SSSR count). The fourth-order valence-electron chi connectivity index (χ4n) is 3.56. The standard InChI is InChI=1S/C21H27N3O5/c1-13-11-23(12-14(2)29-13)21(26)15(3)24-19(25)10-18(28-5)20(22-24)16-6-8-17(27-4)9-7-16/h6-10,13-15H,11-12H2,1-5H3/t13-,14+,15-/m1/s1. The van der Waals surface area contributed by atoms with Crippen molar-refractivity contribution in [1.82, 2.24) is 14.7 Å². The molecule has 0 radical (unpaired) electrons. The number of rotatable bonds is 5. The van der Waals surface area contributed by atoms with Crippen LogP contribution < -0.4 is 15.0 Å². The molecule has 2 heterocycles. The first-order chi connectivity index (χ1) is 13.8. The predicted octanol–water partition coefficient (Wildman–Crippen LogP) is 2.12. The molecule has 0 bridgehead atoms. The Labute approximate surface area is 170 Å². The smallest absolute Gasteiger partial charge is 0.271 e. The van der Waals surface area contributed by atoms with Gasteiger partial charge in [0.2, 0.25) is 5.91 Å². The van der Waals surface area contributed by atoms with E-state index in [4.69, 9.17) is 14.2 Å². The molecule has 0 spiro atoms. The molecule has 1 aromatic carbocycles. The van der Waals surface area contributed by atoms with Crippen molar-refractivity contribution < 1.29 is 19.0 Å². The Morgan fingerprint density at radius 1 is 1.14 bits per heavy atom. The van der Waals surface area contributed by atoms with Crippen LogP contribution in [0.2, 0.25) is 0 Å². The topological polar surface area (TPSA) is 82.9 Å². The lowest BCUT2D eigenvalue weighted by atomic mass is 10.1. The van der Waals surface area contributed by atoms with Gasteiger partial charge in [0.1, 0.15) is 17.5 Å². The molecule has 29 heavy (non-hydrogen) atoms. The van der Waals surface area contributed by atoms with E-state index in [2.05, 4.69) is 5.10 Å². The molecule has 0 unspecified atom stereocenters. The third kappa shape index (κ3) is 4.42. The first kappa shape index (κ1) is 20.9. The van der Waals surface area contributed by atoms with E-state index in [1.807, 2.05) is 26.0 Å². The second kappa shape index (κ2) is 8.65. The molecule has 1 fully saturated rings. The number of carbonyl (C=O) groups is 1. The summed E-state index contributed by atoms with van der Waals surface area (Å²) in [5, 5.41) is 4.48. The first-order valence-corrected chi connectivity index (χ1v) is 9.60. The van der Waals surface area contributed by atoms with Crippen LogP contribution >= 0.6 is 0 Å². The minimum Gasteiger partial charge on any atom is -0.497 e. The van der Waals surface area contributed by atoms with Crippen molar-refractivity contribution in [2.75, 3.05) is 27.3 Å². The van der Waals surface area contributed by atoms with E-state index in [1.165, 1.54) is 17.9 Å². The molecule has 2 aromatic rings. The van der Waals surface area contributed by atoms with Gasteiger partial charge in [0, 0.05) is 24.7 Å². The van der Waals surface area contributed by atoms with Crippen LogP contribution in [0.25, 0.3) is 11.3 Å². The summed E-state index contributed by atoms with van der Waals surface area (Å²) < 4.78 is 17.5. The van der Waals surface area contributed by atoms with Gasteiger partial charge >= 0.3 is 0 Å². The third-order valence-corrected chi connectivity index (χ3v) is 4.96. The lowest BCUT2D eigenvalue weighted by Gasteiger charge is -2.36. The Bertz CT molecular complexity index is 915. The number of benzene rings is 1.